The lowest BCUT2D eigenvalue weighted by atomic mass is 10.1. The minimum Gasteiger partial charge on any atom is -0.347 e. The SMILES string of the molecule is CCn1cnnc1CNC(=O)C(N)c1ccc(C)cc1. The van der Waals surface area contributed by atoms with Crippen LogP contribution in [0.4, 0.5) is 0 Å². The Balaban J connectivity index is 1.96. The molecule has 0 radical (unpaired) electrons. The van der Waals surface area contributed by atoms with Gasteiger partial charge < -0.3 is 15.6 Å². The minimum atomic E-state index is -0.673. The number of nitrogens with zero attached hydrogens (tertiary/aromatic N) is 3. The van der Waals surface area contributed by atoms with Crippen LogP contribution in [0.2, 0.25) is 0 Å². The highest BCUT2D eigenvalue weighted by atomic mass is 16.2. The zero-order valence-corrected chi connectivity index (χ0v) is 11.7. The maximum Gasteiger partial charge on any atom is 0.241 e. The van der Waals surface area contributed by atoms with E-state index in [4.69, 9.17) is 5.73 Å². The van der Waals surface area contributed by atoms with Gasteiger partial charge in [0, 0.05) is 6.54 Å². The summed E-state index contributed by atoms with van der Waals surface area (Å²) in [5.74, 6) is 0.497. The molecular formula is C14H19N5O. The number of hydrogen-bond donors (Lipinski definition) is 2. The Kier molecular flexibility index (Phi) is 4.47. The molecule has 1 aromatic carbocycles. The van der Waals surface area contributed by atoms with Crippen molar-refractivity contribution in [1.29, 1.82) is 0 Å². The van der Waals surface area contributed by atoms with Crippen molar-refractivity contribution in [2.24, 2.45) is 5.73 Å². The molecule has 6 heteroatoms. The molecule has 0 spiro atoms. The van der Waals surface area contributed by atoms with E-state index in [0.717, 1.165) is 23.5 Å². The first kappa shape index (κ1) is 14.2. The van der Waals surface area contributed by atoms with Gasteiger partial charge in [0.15, 0.2) is 5.82 Å². The summed E-state index contributed by atoms with van der Waals surface area (Å²) in [6.45, 7) is 5.08. The van der Waals surface area contributed by atoms with Gasteiger partial charge in [0.1, 0.15) is 12.4 Å². The molecule has 0 aliphatic rings. The third-order valence-electron chi connectivity index (χ3n) is 3.18. The third kappa shape index (κ3) is 3.21. The fourth-order valence-electron chi connectivity index (χ4n) is 1.88. The number of nitrogens with two attached hydrogens (primary N) is 1. The van der Waals surface area contributed by atoms with Crippen LogP contribution in [0.3, 0.4) is 0 Å². The first-order valence-electron chi connectivity index (χ1n) is 6.58. The molecule has 0 saturated carbocycles. The Morgan fingerprint density at radius 3 is 2.75 bits per heavy atom. The highest BCUT2D eigenvalue weighted by Crippen LogP contribution is 2.11. The number of carbonyl (C=O) groups is 1. The molecule has 20 heavy (non-hydrogen) atoms. The second-order valence-corrected chi connectivity index (χ2v) is 4.64. The molecule has 1 heterocycles. The van der Waals surface area contributed by atoms with E-state index in [2.05, 4.69) is 15.5 Å². The molecule has 1 amide bonds. The Bertz CT molecular complexity index is 576. The van der Waals surface area contributed by atoms with Gasteiger partial charge in [-0.2, -0.15) is 0 Å². The molecule has 0 aliphatic heterocycles. The summed E-state index contributed by atoms with van der Waals surface area (Å²) >= 11 is 0. The number of carbonyl (C=O) groups excluding carboxylic acids is 1. The van der Waals surface area contributed by atoms with Crippen molar-refractivity contribution in [2.45, 2.75) is 33.0 Å². The summed E-state index contributed by atoms with van der Waals surface area (Å²) in [6, 6.07) is 6.95. The lowest BCUT2D eigenvalue weighted by Crippen LogP contribution is -2.34. The second kappa shape index (κ2) is 6.29. The van der Waals surface area contributed by atoms with E-state index in [-0.39, 0.29) is 5.91 Å². The summed E-state index contributed by atoms with van der Waals surface area (Å²) in [5, 5.41) is 10.6. The van der Waals surface area contributed by atoms with Gasteiger partial charge >= 0.3 is 0 Å². The molecule has 106 valence electrons. The monoisotopic (exact) mass is 273 g/mol. The summed E-state index contributed by atoms with van der Waals surface area (Å²) in [7, 11) is 0. The van der Waals surface area contributed by atoms with E-state index in [1.54, 1.807) is 6.33 Å². The topological polar surface area (TPSA) is 85.8 Å². The van der Waals surface area contributed by atoms with Crippen molar-refractivity contribution in [3.63, 3.8) is 0 Å². The Morgan fingerprint density at radius 1 is 1.40 bits per heavy atom. The lowest BCUT2D eigenvalue weighted by molar-refractivity contribution is -0.122. The standard InChI is InChI=1S/C14H19N5O/c1-3-19-9-17-18-12(19)8-16-14(20)13(15)11-6-4-10(2)5-7-11/h4-7,9,13H,3,8,15H2,1-2H3,(H,16,20). The highest BCUT2D eigenvalue weighted by Gasteiger charge is 2.16. The van der Waals surface area contributed by atoms with Crippen molar-refractivity contribution < 1.29 is 4.79 Å². The average molecular weight is 273 g/mol. The Labute approximate surface area is 118 Å². The van der Waals surface area contributed by atoms with E-state index in [1.165, 1.54) is 0 Å². The van der Waals surface area contributed by atoms with Crippen molar-refractivity contribution >= 4 is 5.91 Å². The summed E-state index contributed by atoms with van der Waals surface area (Å²) in [5.41, 5.74) is 7.88. The summed E-state index contributed by atoms with van der Waals surface area (Å²) in [4.78, 5) is 12.0. The zero-order valence-electron chi connectivity index (χ0n) is 11.7. The van der Waals surface area contributed by atoms with Gasteiger partial charge in [-0.15, -0.1) is 10.2 Å². The van der Waals surface area contributed by atoms with Gasteiger partial charge in [-0.1, -0.05) is 29.8 Å². The molecule has 1 atom stereocenters. The third-order valence-corrected chi connectivity index (χ3v) is 3.18. The van der Waals surface area contributed by atoms with E-state index >= 15 is 0 Å². The molecule has 1 unspecified atom stereocenters. The van der Waals surface area contributed by atoms with Crippen molar-refractivity contribution in [2.75, 3.05) is 0 Å². The van der Waals surface area contributed by atoms with Gasteiger partial charge in [0.05, 0.1) is 6.54 Å². The smallest absolute Gasteiger partial charge is 0.241 e. The lowest BCUT2D eigenvalue weighted by Gasteiger charge is -2.12. The van der Waals surface area contributed by atoms with Crippen LogP contribution in [0.15, 0.2) is 30.6 Å². The van der Waals surface area contributed by atoms with Crippen LogP contribution in [-0.4, -0.2) is 20.7 Å². The van der Waals surface area contributed by atoms with Gasteiger partial charge in [0.25, 0.3) is 0 Å². The molecule has 0 bridgehead atoms. The van der Waals surface area contributed by atoms with Gasteiger partial charge in [-0.25, -0.2) is 0 Å². The number of aryl methyl sites for hydroxylation is 2. The number of benzene rings is 1. The van der Waals surface area contributed by atoms with Gasteiger partial charge in [-0.05, 0) is 19.4 Å². The number of rotatable bonds is 5. The number of amides is 1. The van der Waals surface area contributed by atoms with E-state index in [1.807, 2.05) is 42.7 Å². The summed E-state index contributed by atoms with van der Waals surface area (Å²) < 4.78 is 1.87. The van der Waals surface area contributed by atoms with Crippen LogP contribution in [0.5, 0.6) is 0 Å². The molecule has 2 rings (SSSR count). The summed E-state index contributed by atoms with van der Waals surface area (Å²) in [6.07, 6.45) is 1.64. The number of aromatic nitrogens is 3. The van der Waals surface area contributed by atoms with Crippen LogP contribution in [0.25, 0.3) is 0 Å². The maximum absolute atomic E-state index is 12.0. The highest BCUT2D eigenvalue weighted by molar-refractivity contribution is 5.82. The van der Waals surface area contributed by atoms with Crippen LogP contribution in [-0.2, 0) is 17.9 Å². The first-order chi connectivity index (χ1) is 9.61. The molecule has 2 aromatic rings. The Morgan fingerprint density at radius 2 is 2.10 bits per heavy atom. The van der Waals surface area contributed by atoms with Crippen LogP contribution in [0.1, 0.15) is 29.9 Å². The van der Waals surface area contributed by atoms with Crippen LogP contribution >= 0.6 is 0 Å². The minimum absolute atomic E-state index is 0.223. The van der Waals surface area contributed by atoms with Crippen molar-refractivity contribution in [1.82, 2.24) is 20.1 Å². The molecule has 3 N–H and O–H groups in total. The van der Waals surface area contributed by atoms with Gasteiger partial charge in [0.2, 0.25) is 5.91 Å². The molecular weight excluding hydrogens is 254 g/mol. The predicted molar refractivity (Wildman–Crippen MR) is 75.7 cm³/mol. The molecule has 0 saturated heterocycles. The maximum atomic E-state index is 12.0. The molecule has 1 aromatic heterocycles. The van der Waals surface area contributed by atoms with E-state index < -0.39 is 6.04 Å². The van der Waals surface area contributed by atoms with Crippen LogP contribution < -0.4 is 11.1 Å². The predicted octanol–water partition coefficient (Wildman–Crippen LogP) is 0.923. The van der Waals surface area contributed by atoms with E-state index in [0.29, 0.717) is 6.54 Å². The average Bonchev–Trinajstić information content (AvgIpc) is 2.92. The second-order valence-electron chi connectivity index (χ2n) is 4.64. The molecule has 6 nitrogen and oxygen atoms in total. The molecule has 0 fully saturated rings. The quantitative estimate of drug-likeness (QED) is 0.848. The first-order valence-corrected chi connectivity index (χ1v) is 6.58. The van der Waals surface area contributed by atoms with Crippen molar-refractivity contribution in [3.8, 4) is 0 Å². The fourth-order valence-corrected chi connectivity index (χ4v) is 1.88. The number of hydrogen-bond acceptors (Lipinski definition) is 4. The molecule has 0 aliphatic carbocycles. The number of nitrogens with one attached hydrogen (secondary N) is 1. The van der Waals surface area contributed by atoms with E-state index in [9.17, 15) is 4.79 Å². The Hall–Kier alpha value is -2.21. The normalized spacial score (nSPS) is 12.2. The fraction of sp³-hybridized carbons (Fsp3) is 0.357. The largest absolute Gasteiger partial charge is 0.347 e. The van der Waals surface area contributed by atoms with Crippen molar-refractivity contribution in [3.05, 3.63) is 47.5 Å². The zero-order chi connectivity index (χ0) is 14.5. The van der Waals surface area contributed by atoms with Crippen LogP contribution in [0, 0.1) is 6.92 Å². The van der Waals surface area contributed by atoms with Gasteiger partial charge in [-0.3, -0.25) is 4.79 Å².